The molecule has 0 unspecified atom stereocenters. The molecule has 1 aliphatic carbocycles. The van der Waals surface area contributed by atoms with Crippen molar-refractivity contribution < 1.29 is 0 Å². The van der Waals surface area contributed by atoms with E-state index in [4.69, 9.17) is 5.26 Å². The van der Waals surface area contributed by atoms with Gasteiger partial charge >= 0.3 is 0 Å². The lowest BCUT2D eigenvalue weighted by Crippen LogP contribution is -2.09. The van der Waals surface area contributed by atoms with Crippen molar-refractivity contribution in [3.63, 3.8) is 0 Å². The van der Waals surface area contributed by atoms with Crippen molar-refractivity contribution in [3.8, 4) is 17.3 Å². The van der Waals surface area contributed by atoms with Crippen molar-refractivity contribution in [2.75, 3.05) is 0 Å². The molecule has 0 amide bonds. The van der Waals surface area contributed by atoms with Crippen LogP contribution in [-0.4, -0.2) is 10.2 Å². The molecule has 0 atom stereocenters. The molecule has 4 nitrogen and oxygen atoms in total. The standard InChI is InChI=1S/C15H13N3O/c16-9-13-8-14(19)17-18-15(13)12-6-5-10-3-1-2-4-11(10)7-12/h5-8H,1-4H2,(H,17,19). The quantitative estimate of drug-likeness (QED) is 0.844. The number of H-pyrrole nitrogens is 1. The highest BCUT2D eigenvalue weighted by atomic mass is 16.1. The largest absolute Gasteiger partial charge is 0.268 e. The van der Waals surface area contributed by atoms with Crippen LogP contribution in [0.25, 0.3) is 11.3 Å². The van der Waals surface area contributed by atoms with Crippen LogP contribution in [0.5, 0.6) is 0 Å². The lowest BCUT2D eigenvalue weighted by Gasteiger charge is -2.16. The van der Waals surface area contributed by atoms with Crippen LogP contribution in [0.2, 0.25) is 0 Å². The van der Waals surface area contributed by atoms with Crippen LogP contribution in [0.1, 0.15) is 29.5 Å². The van der Waals surface area contributed by atoms with Gasteiger partial charge in [-0.3, -0.25) is 4.79 Å². The first-order valence-electron chi connectivity index (χ1n) is 6.40. The zero-order valence-corrected chi connectivity index (χ0v) is 10.4. The van der Waals surface area contributed by atoms with Crippen molar-refractivity contribution in [1.82, 2.24) is 10.2 Å². The number of nitriles is 1. The molecule has 1 N–H and O–H groups in total. The van der Waals surface area contributed by atoms with E-state index in [1.165, 1.54) is 30.0 Å². The normalized spacial score (nSPS) is 13.6. The molecule has 0 fully saturated rings. The molecule has 0 saturated heterocycles. The van der Waals surface area contributed by atoms with E-state index in [0.29, 0.717) is 11.3 Å². The van der Waals surface area contributed by atoms with Gasteiger partial charge in [-0.05, 0) is 42.9 Å². The van der Waals surface area contributed by atoms with Gasteiger partial charge in [0, 0.05) is 11.6 Å². The van der Waals surface area contributed by atoms with Gasteiger partial charge in [0.25, 0.3) is 5.56 Å². The predicted molar refractivity (Wildman–Crippen MR) is 71.7 cm³/mol. The number of nitrogens with one attached hydrogen (secondary N) is 1. The van der Waals surface area contributed by atoms with Gasteiger partial charge in [0.15, 0.2) is 0 Å². The van der Waals surface area contributed by atoms with E-state index in [9.17, 15) is 4.79 Å². The maximum atomic E-state index is 11.2. The summed E-state index contributed by atoms with van der Waals surface area (Å²) < 4.78 is 0. The Morgan fingerprint density at radius 3 is 2.74 bits per heavy atom. The minimum Gasteiger partial charge on any atom is -0.268 e. The van der Waals surface area contributed by atoms with E-state index in [-0.39, 0.29) is 5.56 Å². The summed E-state index contributed by atoms with van der Waals surface area (Å²) in [6.45, 7) is 0. The summed E-state index contributed by atoms with van der Waals surface area (Å²) in [6, 6.07) is 9.51. The average Bonchev–Trinajstić information content (AvgIpc) is 2.46. The van der Waals surface area contributed by atoms with Crippen LogP contribution in [0.15, 0.2) is 29.1 Å². The summed E-state index contributed by atoms with van der Waals surface area (Å²) in [7, 11) is 0. The second kappa shape index (κ2) is 4.69. The van der Waals surface area contributed by atoms with Crippen LogP contribution in [-0.2, 0) is 12.8 Å². The number of benzene rings is 1. The molecule has 0 aliphatic heterocycles. The summed E-state index contributed by atoms with van der Waals surface area (Å²) in [5.41, 5.74) is 4.14. The third-order valence-electron chi connectivity index (χ3n) is 3.55. The number of nitrogens with zero attached hydrogens (tertiary/aromatic N) is 2. The Morgan fingerprint density at radius 1 is 1.16 bits per heavy atom. The van der Waals surface area contributed by atoms with Crippen molar-refractivity contribution >= 4 is 0 Å². The first kappa shape index (κ1) is 11.7. The molecular formula is C15H13N3O. The lowest BCUT2D eigenvalue weighted by molar-refractivity contribution is 0.686. The molecule has 0 bridgehead atoms. The third-order valence-corrected chi connectivity index (χ3v) is 3.55. The Bertz CT molecular complexity index is 725. The molecule has 2 aromatic rings. The highest BCUT2D eigenvalue weighted by Gasteiger charge is 2.13. The molecule has 1 aromatic heterocycles. The molecule has 4 heteroatoms. The highest BCUT2D eigenvalue weighted by molar-refractivity contribution is 5.67. The Labute approximate surface area is 110 Å². The van der Waals surface area contributed by atoms with Gasteiger partial charge < -0.3 is 0 Å². The molecule has 94 valence electrons. The van der Waals surface area contributed by atoms with Gasteiger partial charge in [-0.2, -0.15) is 10.4 Å². The molecule has 19 heavy (non-hydrogen) atoms. The molecule has 0 saturated carbocycles. The Kier molecular flexibility index (Phi) is 2.88. The molecule has 1 aromatic carbocycles. The van der Waals surface area contributed by atoms with Crippen LogP contribution >= 0.6 is 0 Å². The number of rotatable bonds is 1. The average molecular weight is 251 g/mol. The van der Waals surface area contributed by atoms with E-state index in [1.807, 2.05) is 12.1 Å². The summed E-state index contributed by atoms with van der Waals surface area (Å²) in [5, 5.41) is 15.5. The van der Waals surface area contributed by atoms with Crippen LogP contribution < -0.4 is 5.56 Å². The van der Waals surface area contributed by atoms with Crippen molar-refractivity contribution in [2.24, 2.45) is 0 Å². The van der Waals surface area contributed by atoms with Crippen LogP contribution in [0, 0.1) is 11.3 Å². The molecular weight excluding hydrogens is 238 g/mol. The van der Waals surface area contributed by atoms with Crippen molar-refractivity contribution in [3.05, 3.63) is 51.3 Å². The van der Waals surface area contributed by atoms with Gasteiger partial charge in [0.05, 0.1) is 5.56 Å². The summed E-state index contributed by atoms with van der Waals surface area (Å²) in [6.07, 6.45) is 4.65. The zero-order chi connectivity index (χ0) is 13.2. The maximum absolute atomic E-state index is 11.2. The maximum Gasteiger partial charge on any atom is 0.265 e. The number of fused-ring (bicyclic) bond motifs is 1. The molecule has 0 spiro atoms. The van der Waals surface area contributed by atoms with E-state index < -0.39 is 0 Å². The fourth-order valence-electron chi connectivity index (χ4n) is 2.59. The van der Waals surface area contributed by atoms with Gasteiger partial charge in [-0.25, -0.2) is 5.10 Å². The van der Waals surface area contributed by atoms with E-state index in [2.05, 4.69) is 22.3 Å². The lowest BCUT2D eigenvalue weighted by atomic mass is 9.89. The summed E-state index contributed by atoms with van der Waals surface area (Å²) >= 11 is 0. The topological polar surface area (TPSA) is 69.5 Å². The monoisotopic (exact) mass is 251 g/mol. The summed E-state index contributed by atoms with van der Waals surface area (Å²) in [5.74, 6) is 0. The van der Waals surface area contributed by atoms with E-state index in [0.717, 1.165) is 18.4 Å². The number of hydrogen-bond acceptors (Lipinski definition) is 3. The first-order valence-corrected chi connectivity index (χ1v) is 6.40. The predicted octanol–water partition coefficient (Wildman–Crippen LogP) is 2.19. The number of aromatic amines is 1. The molecule has 0 radical (unpaired) electrons. The molecule has 1 heterocycles. The molecule has 1 aliphatic rings. The molecule has 3 rings (SSSR count). The SMILES string of the molecule is N#Cc1cc(=O)[nH]nc1-c1ccc2c(c1)CCCC2. The van der Waals surface area contributed by atoms with Gasteiger partial charge in [-0.1, -0.05) is 12.1 Å². The van der Waals surface area contributed by atoms with Crippen molar-refractivity contribution in [2.45, 2.75) is 25.7 Å². The highest BCUT2D eigenvalue weighted by Crippen LogP contribution is 2.27. The van der Waals surface area contributed by atoms with Gasteiger partial charge in [0.1, 0.15) is 11.8 Å². The van der Waals surface area contributed by atoms with E-state index in [1.54, 1.807) is 0 Å². The third kappa shape index (κ3) is 2.15. The number of hydrogen-bond donors (Lipinski definition) is 1. The second-order valence-corrected chi connectivity index (χ2v) is 4.80. The van der Waals surface area contributed by atoms with Crippen LogP contribution in [0.4, 0.5) is 0 Å². The minimum atomic E-state index is -0.349. The van der Waals surface area contributed by atoms with E-state index >= 15 is 0 Å². The Balaban J connectivity index is 2.12. The Morgan fingerprint density at radius 2 is 1.95 bits per heavy atom. The number of aromatic nitrogens is 2. The second-order valence-electron chi connectivity index (χ2n) is 4.80. The Hall–Kier alpha value is -2.41. The first-order chi connectivity index (χ1) is 9.28. The smallest absolute Gasteiger partial charge is 0.265 e. The van der Waals surface area contributed by atoms with Gasteiger partial charge in [0.2, 0.25) is 0 Å². The summed E-state index contributed by atoms with van der Waals surface area (Å²) in [4.78, 5) is 11.2. The number of aryl methyl sites for hydroxylation is 2. The van der Waals surface area contributed by atoms with Crippen LogP contribution in [0.3, 0.4) is 0 Å². The van der Waals surface area contributed by atoms with Crippen molar-refractivity contribution in [1.29, 1.82) is 5.26 Å². The zero-order valence-electron chi connectivity index (χ0n) is 10.4. The minimum absolute atomic E-state index is 0.319. The fraction of sp³-hybridized carbons (Fsp3) is 0.267. The fourth-order valence-corrected chi connectivity index (χ4v) is 2.59. The van der Waals surface area contributed by atoms with Gasteiger partial charge in [-0.15, -0.1) is 0 Å².